The van der Waals surface area contributed by atoms with Gasteiger partial charge in [0, 0.05) is 5.56 Å². The Morgan fingerprint density at radius 2 is 1.70 bits per heavy atom. The predicted octanol–water partition coefficient (Wildman–Crippen LogP) is 3.22. The molecule has 0 aliphatic heterocycles. The number of halogens is 2. The Labute approximate surface area is 127 Å². The zero-order valence-electron chi connectivity index (χ0n) is 10.2. The summed E-state index contributed by atoms with van der Waals surface area (Å²) < 4.78 is 27.7. The molecule has 0 saturated heterocycles. The Morgan fingerprint density at radius 3 is 2.30 bits per heavy atom. The molecule has 0 fully saturated rings. The molecule has 106 valence electrons. The van der Waals surface area contributed by atoms with E-state index in [9.17, 15) is 8.42 Å². The highest BCUT2D eigenvalue weighted by Crippen LogP contribution is 2.26. The molecule has 2 N–H and O–H groups in total. The second-order valence-electron chi connectivity index (χ2n) is 4.02. The summed E-state index contributed by atoms with van der Waals surface area (Å²) in [7, 11) is -3.69. The van der Waals surface area contributed by atoms with Crippen molar-refractivity contribution in [3.05, 3.63) is 58.1 Å². The molecule has 0 radical (unpaired) electrons. The van der Waals surface area contributed by atoms with Crippen LogP contribution in [-0.4, -0.2) is 8.42 Å². The molecule has 0 spiro atoms. The van der Waals surface area contributed by atoms with E-state index in [1.54, 1.807) is 18.2 Å². The fraction of sp³-hybridized carbons (Fsp3) is 0.0769. The molecule has 0 amide bonds. The van der Waals surface area contributed by atoms with Crippen LogP contribution in [0.15, 0.2) is 47.4 Å². The first kappa shape index (κ1) is 15.1. The summed E-state index contributed by atoms with van der Waals surface area (Å²) in [6, 6.07) is 11.1. The molecule has 2 aromatic carbocycles. The SMILES string of the molecule is NS(=O)(=O)c1ccc(OCc2cccc(Cl)c2Cl)cc1. The van der Waals surface area contributed by atoms with E-state index < -0.39 is 10.0 Å². The molecule has 0 saturated carbocycles. The molecule has 0 aliphatic rings. The van der Waals surface area contributed by atoms with Gasteiger partial charge >= 0.3 is 0 Å². The van der Waals surface area contributed by atoms with Gasteiger partial charge in [-0.1, -0.05) is 35.3 Å². The average molecular weight is 332 g/mol. The van der Waals surface area contributed by atoms with E-state index in [4.69, 9.17) is 33.1 Å². The molecule has 0 aromatic heterocycles. The number of benzene rings is 2. The molecular weight excluding hydrogens is 321 g/mol. The van der Waals surface area contributed by atoms with Crippen molar-refractivity contribution in [2.75, 3.05) is 0 Å². The lowest BCUT2D eigenvalue weighted by Crippen LogP contribution is -2.11. The minimum Gasteiger partial charge on any atom is -0.489 e. The van der Waals surface area contributed by atoms with E-state index in [-0.39, 0.29) is 11.5 Å². The van der Waals surface area contributed by atoms with Crippen molar-refractivity contribution in [3.63, 3.8) is 0 Å². The molecular formula is C13H11Cl2NO3S. The second kappa shape index (κ2) is 6.01. The maximum atomic E-state index is 11.1. The second-order valence-corrected chi connectivity index (χ2v) is 6.36. The van der Waals surface area contributed by atoms with Gasteiger partial charge in [-0.3, -0.25) is 0 Å². The van der Waals surface area contributed by atoms with E-state index in [1.165, 1.54) is 24.3 Å². The lowest BCUT2D eigenvalue weighted by Gasteiger charge is -2.09. The van der Waals surface area contributed by atoms with Gasteiger partial charge in [0.05, 0.1) is 14.9 Å². The Balaban J connectivity index is 2.10. The lowest BCUT2D eigenvalue weighted by molar-refractivity contribution is 0.306. The number of hydrogen-bond donors (Lipinski definition) is 1. The number of hydrogen-bond acceptors (Lipinski definition) is 3. The number of nitrogens with two attached hydrogens (primary N) is 1. The van der Waals surface area contributed by atoms with Gasteiger partial charge in [0.25, 0.3) is 0 Å². The molecule has 0 unspecified atom stereocenters. The van der Waals surface area contributed by atoms with Crippen molar-refractivity contribution in [1.82, 2.24) is 0 Å². The predicted molar refractivity (Wildman–Crippen MR) is 78.6 cm³/mol. The van der Waals surface area contributed by atoms with Gasteiger partial charge in [0.15, 0.2) is 0 Å². The molecule has 4 nitrogen and oxygen atoms in total. The van der Waals surface area contributed by atoms with Gasteiger partial charge in [-0.25, -0.2) is 13.6 Å². The molecule has 7 heteroatoms. The van der Waals surface area contributed by atoms with Crippen molar-refractivity contribution in [3.8, 4) is 5.75 Å². The lowest BCUT2D eigenvalue weighted by atomic mass is 10.2. The third-order valence-electron chi connectivity index (χ3n) is 2.58. The summed E-state index contributed by atoms with van der Waals surface area (Å²) in [6.45, 7) is 0.230. The van der Waals surface area contributed by atoms with Crippen LogP contribution in [0.5, 0.6) is 5.75 Å². The third-order valence-corrected chi connectivity index (χ3v) is 4.37. The van der Waals surface area contributed by atoms with E-state index in [0.717, 1.165) is 5.56 Å². The first-order chi connectivity index (χ1) is 9.38. The van der Waals surface area contributed by atoms with Crippen molar-refractivity contribution >= 4 is 33.2 Å². The first-order valence-electron chi connectivity index (χ1n) is 5.56. The van der Waals surface area contributed by atoms with Crippen molar-refractivity contribution in [1.29, 1.82) is 0 Å². The van der Waals surface area contributed by atoms with Crippen LogP contribution < -0.4 is 9.88 Å². The highest BCUT2D eigenvalue weighted by Gasteiger charge is 2.08. The minimum atomic E-state index is -3.69. The Bertz CT molecular complexity index is 715. The minimum absolute atomic E-state index is 0.0330. The third kappa shape index (κ3) is 3.64. The standard InChI is InChI=1S/C13H11Cl2NO3S/c14-12-3-1-2-9(13(12)15)8-19-10-4-6-11(7-5-10)20(16,17)18/h1-7H,8H2,(H2,16,17,18). The zero-order chi connectivity index (χ0) is 14.8. The molecule has 20 heavy (non-hydrogen) atoms. The van der Waals surface area contributed by atoms with Crippen LogP contribution in [0.2, 0.25) is 10.0 Å². The van der Waals surface area contributed by atoms with E-state index >= 15 is 0 Å². The number of sulfonamides is 1. The van der Waals surface area contributed by atoms with Gasteiger partial charge in [-0.2, -0.15) is 0 Å². The number of rotatable bonds is 4. The van der Waals surface area contributed by atoms with Crippen LogP contribution in [0.1, 0.15) is 5.56 Å². The highest BCUT2D eigenvalue weighted by atomic mass is 35.5. The van der Waals surface area contributed by atoms with Gasteiger partial charge in [-0.15, -0.1) is 0 Å². The molecule has 2 rings (SSSR count). The summed E-state index contributed by atoms with van der Waals surface area (Å²) >= 11 is 11.9. The zero-order valence-corrected chi connectivity index (χ0v) is 12.5. The van der Waals surface area contributed by atoms with Gasteiger partial charge in [0.1, 0.15) is 12.4 Å². The van der Waals surface area contributed by atoms with Crippen molar-refractivity contribution in [2.24, 2.45) is 5.14 Å². The molecule has 2 aromatic rings. The number of ether oxygens (including phenoxy) is 1. The largest absolute Gasteiger partial charge is 0.489 e. The molecule has 0 heterocycles. The molecule has 0 bridgehead atoms. The van der Waals surface area contributed by atoms with Crippen LogP contribution in [-0.2, 0) is 16.6 Å². The van der Waals surface area contributed by atoms with Gasteiger partial charge in [0.2, 0.25) is 10.0 Å². The van der Waals surface area contributed by atoms with Crippen LogP contribution in [0.3, 0.4) is 0 Å². The van der Waals surface area contributed by atoms with Crippen LogP contribution in [0.4, 0.5) is 0 Å². The van der Waals surface area contributed by atoms with Gasteiger partial charge in [-0.05, 0) is 30.3 Å². The normalized spacial score (nSPS) is 11.3. The van der Waals surface area contributed by atoms with Crippen LogP contribution >= 0.6 is 23.2 Å². The monoisotopic (exact) mass is 331 g/mol. The van der Waals surface area contributed by atoms with Gasteiger partial charge < -0.3 is 4.74 Å². The van der Waals surface area contributed by atoms with E-state index in [1.807, 2.05) is 0 Å². The first-order valence-corrected chi connectivity index (χ1v) is 7.87. The average Bonchev–Trinajstić information content (AvgIpc) is 2.40. The summed E-state index contributed by atoms with van der Waals surface area (Å²) in [4.78, 5) is 0.0330. The Kier molecular flexibility index (Phi) is 4.55. The van der Waals surface area contributed by atoms with Crippen LogP contribution in [0, 0.1) is 0 Å². The Morgan fingerprint density at radius 1 is 1.05 bits per heavy atom. The Hall–Kier alpha value is -1.27. The maximum absolute atomic E-state index is 11.1. The van der Waals surface area contributed by atoms with Crippen LogP contribution in [0.25, 0.3) is 0 Å². The van der Waals surface area contributed by atoms with E-state index in [0.29, 0.717) is 15.8 Å². The fourth-order valence-corrected chi connectivity index (χ4v) is 2.44. The van der Waals surface area contributed by atoms with E-state index in [2.05, 4.69) is 0 Å². The summed E-state index contributed by atoms with van der Waals surface area (Å²) in [5.41, 5.74) is 0.745. The molecule has 0 aliphatic carbocycles. The quantitative estimate of drug-likeness (QED) is 0.935. The maximum Gasteiger partial charge on any atom is 0.238 e. The van der Waals surface area contributed by atoms with Crippen molar-refractivity contribution < 1.29 is 13.2 Å². The van der Waals surface area contributed by atoms with Crippen molar-refractivity contribution in [2.45, 2.75) is 11.5 Å². The smallest absolute Gasteiger partial charge is 0.238 e. The summed E-state index contributed by atoms with van der Waals surface area (Å²) in [6.07, 6.45) is 0. The molecule has 0 atom stereocenters. The highest BCUT2D eigenvalue weighted by molar-refractivity contribution is 7.89. The summed E-state index contributed by atoms with van der Waals surface area (Å²) in [5.74, 6) is 0.508. The number of primary sulfonamides is 1. The summed E-state index contributed by atoms with van der Waals surface area (Å²) in [5, 5.41) is 5.90. The fourth-order valence-electron chi connectivity index (χ4n) is 1.55. The topological polar surface area (TPSA) is 69.4 Å².